The number of hydrogen-bond donors (Lipinski definition) is 0. The first kappa shape index (κ1) is 17.0. The fraction of sp³-hybridized carbons (Fsp3) is 0.200. The molecule has 0 unspecified atom stereocenters. The van der Waals surface area contributed by atoms with E-state index in [2.05, 4.69) is 39.1 Å². The second-order valence-corrected chi connectivity index (χ2v) is 7.08. The number of benzene rings is 2. The number of methoxy groups -OCH3 is 1. The van der Waals surface area contributed by atoms with E-state index in [9.17, 15) is 0 Å². The quantitative estimate of drug-likeness (QED) is 0.431. The minimum absolute atomic E-state index is 0.364. The van der Waals surface area contributed by atoms with Gasteiger partial charge >= 0.3 is 0 Å². The van der Waals surface area contributed by atoms with Gasteiger partial charge in [0.1, 0.15) is 5.58 Å². The summed E-state index contributed by atoms with van der Waals surface area (Å²) in [6, 6.07) is 12.0. The van der Waals surface area contributed by atoms with Crippen molar-refractivity contribution < 1.29 is 13.7 Å². The molecule has 0 saturated carbocycles. The molecule has 0 amide bonds. The van der Waals surface area contributed by atoms with Crippen LogP contribution >= 0.6 is 15.9 Å². The highest BCUT2D eigenvalue weighted by Crippen LogP contribution is 2.33. The van der Waals surface area contributed by atoms with Crippen LogP contribution < -0.4 is 0 Å². The van der Waals surface area contributed by atoms with Crippen molar-refractivity contribution in [3.05, 3.63) is 57.6 Å². The van der Waals surface area contributed by atoms with E-state index in [-0.39, 0.29) is 0 Å². The SMILES string of the molecule is COCc1ccc(-c2noc(-c3cc4c(C)ccc(C)c4o3)n2)c(Br)c1. The molecule has 0 atom stereocenters. The van der Waals surface area contributed by atoms with Gasteiger partial charge in [-0.1, -0.05) is 39.3 Å². The molecule has 0 aliphatic rings. The van der Waals surface area contributed by atoms with E-state index in [4.69, 9.17) is 13.7 Å². The number of ether oxygens (including phenoxy) is 1. The van der Waals surface area contributed by atoms with Crippen molar-refractivity contribution in [2.45, 2.75) is 20.5 Å². The highest BCUT2D eigenvalue weighted by Gasteiger charge is 2.18. The van der Waals surface area contributed by atoms with Gasteiger partial charge in [0.2, 0.25) is 5.82 Å². The van der Waals surface area contributed by atoms with Crippen LogP contribution in [0.5, 0.6) is 0 Å². The van der Waals surface area contributed by atoms with Crippen molar-refractivity contribution in [1.29, 1.82) is 0 Å². The number of hydrogen-bond acceptors (Lipinski definition) is 5. The normalized spacial score (nSPS) is 11.4. The second-order valence-electron chi connectivity index (χ2n) is 6.22. The molecule has 26 heavy (non-hydrogen) atoms. The van der Waals surface area contributed by atoms with Gasteiger partial charge in [0, 0.05) is 22.5 Å². The number of furan rings is 1. The fourth-order valence-electron chi connectivity index (χ4n) is 2.93. The number of aryl methyl sites for hydroxylation is 2. The Morgan fingerprint density at radius 2 is 1.88 bits per heavy atom. The molecular formula is C20H17BrN2O3. The number of halogens is 1. The van der Waals surface area contributed by atoms with Gasteiger partial charge in [0.05, 0.1) is 6.61 Å². The second kappa shape index (κ2) is 6.70. The van der Waals surface area contributed by atoms with Crippen LogP contribution in [-0.2, 0) is 11.3 Å². The third-order valence-corrected chi connectivity index (χ3v) is 4.98. The Kier molecular flexibility index (Phi) is 4.38. The number of fused-ring (bicyclic) bond motifs is 1. The molecule has 4 aromatic rings. The summed E-state index contributed by atoms with van der Waals surface area (Å²) in [7, 11) is 1.67. The molecule has 132 valence electrons. The Bertz CT molecular complexity index is 1060. The average Bonchev–Trinajstić information content (AvgIpc) is 3.26. The van der Waals surface area contributed by atoms with Gasteiger partial charge in [-0.15, -0.1) is 0 Å². The molecular weight excluding hydrogens is 396 g/mol. The molecule has 5 nitrogen and oxygen atoms in total. The molecule has 2 aromatic carbocycles. The Morgan fingerprint density at radius 1 is 1.08 bits per heavy atom. The van der Waals surface area contributed by atoms with Gasteiger partial charge in [-0.3, -0.25) is 0 Å². The Hall–Kier alpha value is -2.44. The van der Waals surface area contributed by atoms with Crippen LogP contribution in [0.1, 0.15) is 16.7 Å². The zero-order valence-corrected chi connectivity index (χ0v) is 16.3. The van der Waals surface area contributed by atoms with Gasteiger partial charge in [-0.05, 0) is 48.7 Å². The lowest BCUT2D eigenvalue weighted by Gasteiger charge is -2.03. The summed E-state index contributed by atoms with van der Waals surface area (Å²) >= 11 is 3.57. The number of rotatable bonds is 4. The topological polar surface area (TPSA) is 61.3 Å². The molecule has 0 saturated heterocycles. The van der Waals surface area contributed by atoms with E-state index in [0.717, 1.165) is 37.7 Å². The Labute approximate surface area is 159 Å². The molecule has 4 rings (SSSR count). The molecule has 0 spiro atoms. The van der Waals surface area contributed by atoms with Gasteiger partial charge < -0.3 is 13.7 Å². The van der Waals surface area contributed by atoms with Crippen LogP contribution in [0.25, 0.3) is 34.0 Å². The van der Waals surface area contributed by atoms with Gasteiger partial charge in [-0.2, -0.15) is 4.98 Å². The van der Waals surface area contributed by atoms with Crippen LogP contribution in [0, 0.1) is 13.8 Å². The van der Waals surface area contributed by atoms with E-state index >= 15 is 0 Å². The summed E-state index contributed by atoms with van der Waals surface area (Å²) in [6.45, 7) is 4.63. The number of aromatic nitrogens is 2. The van der Waals surface area contributed by atoms with Gasteiger partial charge in [0.25, 0.3) is 5.89 Å². The summed E-state index contributed by atoms with van der Waals surface area (Å²) < 4.78 is 17.5. The molecule has 2 heterocycles. The van der Waals surface area contributed by atoms with Crippen molar-refractivity contribution in [3.8, 4) is 23.0 Å². The zero-order valence-electron chi connectivity index (χ0n) is 14.7. The molecule has 6 heteroatoms. The standard InChI is InChI=1S/C20H17BrN2O3/c1-11-4-5-12(2)18-15(11)9-17(25-18)20-22-19(23-26-20)14-7-6-13(10-24-3)8-16(14)21/h4-9H,10H2,1-3H3. The van der Waals surface area contributed by atoms with Crippen molar-refractivity contribution in [2.24, 2.45) is 0 Å². The van der Waals surface area contributed by atoms with Gasteiger partial charge in [0.15, 0.2) is 5.76 Å². The first-order valence-corrected chi connectivity index (χ1v) is 8.97. The fourth-order valence-corrected chi connectivity index (χ4v) is 3.53. The van der Waals surface area contributed by atoms with Crippen molar-refractivity contribution >= 4 is 26.9 Å². The van der Waals surface area contributed by atoms with Crippen LogP contribution in [0.4, 0.5) is 0 Å². The van der Waals surface area contributed by atoms with Crippen LogP contribution in [0.15, 0.2) is 49.8 Å². The van der Waals surface area contributed by atoms with Crippen LogP contribution in [0.3, 0.4) is 0 Å². The minimum atomic E-state index is 0.364. The zero-order chi connectivity index (χ0) is 18.3. The first-order chi connectivity index (χ1) is 12.6. The van der Waals surface area contributed by atoms with E-state index in [1.165, 1.54) is 0 Å². The minimum Gasteiger partial charge on any atom is -0.451 e. The summed E-state index contributed by atoms with van der Waals surface area (Å²) in [5.74, 6) is 1.44. The lowest BCUT2D eigenvalue weighted by molar-refractivity contribution is 0.185. The van der Waals surface area contributed by atoms with E-state index in [1.807, 2.05) is 37.3 Å². The van der Waals surface area contributed by atoms with E-state index in [1.54, 1.807) is 7.11 Å². The first-order valence-electron chi connectivity index (χ1n) is 8.18. The lowest BCUT2D eigenvalue weighted by Crippen LogP contribution is -1.89. The maximum Gasteiger partial charge on any atom is 0.293 e. The maximum atomic E-state index is 5.97. The Morgan fingerprint density at radius 3 is 2.62 bits per heavy atom. The molecule has 0 fully saturated rings. The third kappa shape index (κ3) is 2.95. The lowest BCUT2D eigenvalue weighted by atomic mass is 10.1. The highest BCUT2D eigenvalue weighted by atomic mass is 79.9. The molecule has 0 aliphatic carbocycles. The summed E-state index contributed by atoms with van der Waals surface area (Å²) in [5, 5.41) is 5.17. The van der Waals surface area contributed by atoms with Crippen LogP contribution in [-0.4, -0.2) is 17.3 Å². The summed E-state index contributed by atoms with van der Waals surface area (Å²) in [5.41, 5.74) is 4.99. The smallest absolute Gasteiger partial charge is 0.293 e. The third-order valence-electron chi connectivity index (χ3n) is 4.32. The van der Waals surface area contributed by atoms with Crippen molar-refractivity contribution in [1.82, 2.24) is 10.1 Å². The molecule has 2 aromatic heterocycles. The van der Waals surface area contributed by atoms with Crippen molar-refractivity contribution in [2.75, 3.05) is 7.11 Å². The van der Waals surface area contributed by atoms with Crippen molar-refractivity contribution in [3.63, 3.8) is 0 Å². The molecule has 0 N–H and O–H groups in total. The molecule has 0 aliphatic heterocycles. The summed E-state index contributed by atoms with van der Waals surface area (Å²) in [4.78, 5) is 4.51. The Balaban J connectivity index is 1.73. The predicted molar refractivity (Wildman–Crippen MR) is 103 cm³/mol. The van der Waals surface area contributed by atoms with Crippen LogP contribution in [0.2, 0.25) is 0 Å². The average molecular weight is 413 g/mol. The monoisotopic (exact) mass is 412 g/mol. The van der Waals surface area contributed by atoms with E-state index in [0.29, 0.717) is 24.1 Å². The van der Waals surface area contributed by atoms with E-state index < -0.39 is 0 Å². The maximum absolute atomic E-state index is 5.97. The highest BCUT2D eigenvalue weighted by molar-refractivity contribution is 9.10. The molecule has 0 bridgehead atoms. The predicted octanol–water partition coefficient (Wildman–Crippen LogP) is 5.68. The van der Waals surface area contributed by atoms with Gasteiger partial charge in [-0.25, -0.2) is 0 Å². The number of nitrogens with zero attached hydrogens (tertiary/aromatic N) is 2. The molecule has 0 radical (unpaired) electrons. The summed E-state index contributed by atoms with van der Waals surface area (Å²) in [6.07, 6.45) is 0. The largest absolute Gasteiger partial charge is 0.451 e.